The summed E-state index contributed by atoms with van der Waals surface area (Å²) in [6.45, 7) is 2.04. The number of nitrogens with one attached hydrogen (secondary N) is 2. The van der Waals surface area contributed by atoms with E-state index < -0.39 is 0 Å². The summed E-state index contributed by atoms with van der Waals surface area (Å²) in [6.07, 6.45) is 11.9. The Labute approximate surface area is 160 Å². The van der Waals surface area contributed by atoms with Crippen LogP contribution < -0.4 is 15.4 Å². The van der Waals surface area contributed by atoms with Crippen LogP contribution in [-0.2, 0) is 12.8 Å². The van der Waals surface area contributed by atoms with Crippen LogP contribution in [0.1, 0.15) is 50.3 Å². The maximum Gasteiger partial charge on any atom is 0.320 e. The maximum absolute atomic E-state index is 11.8. The van der Waals surface area contributed by atoms with E-state index in [1.165, 1.54) is 32.1 Å². The molecule has 2 aromatic rings. The normalized spacial score (nSPS) is 14.6. The summed E-state index contributed by atoms with van der Waals surface area (Å²) in [5, 5.41) is 5.29. The number of ether oxygens (including phenoxy) is 1. The molecule has 0 spiro atoms. The summed E-state index contributed by atoms with van der Waals surface area (Å²) >= 11 is 0. The van der Waals surface area contributed by atoms with Crippen molar-refractivity contribution in [1.82, 2.24) is 15.3 Å². The molecule has 2 amide bonds. The molecule has 0 saturated heterocycles. The van der Waals surface area contributed by atoms with Gasteiger partial charge in [-0.2, -0.15) is 0 Å². The van der Waals surface area contributed by atoms with E-state index in [0.29, 0.717) is 23.2 Å². The van der Waals surface area contributed by atoms with E-state index >= 15 is 0 Å². The highest BCUT2D eigenvalue weighted by atomic mass is 16.5. The van der Waals surface area contributed by atoms with Crippen LogP contribution in [0.2, 0.25) is 0 Å². The van der Waals surface area contributed by atoms with E-state index in [4.69, 9.17) is 4.74 Å². The molecule has 2 heterocycles. The highest BCUT2D eigenvalue weighted by molar-refractivity contribution is 5.89. The smallest absolute Gasteiger partial charge is 0.320 e. The van der Waals surface area contributed by atoms with Gasteiger partial charge in [0.25, 0.3) is 0 Å². The third kappa shape index (κ3) is 5.18. The van der Waals surface area contributed by atoms with Gasteiger partial charge in [0, 0.05) is 19.4 Å². The summed E-state index contributed by atoms with van der Waals surface area (Å²) in [5.74, 6) is 2.36. The van der Waals surface area contributed by atoms with Crippen LogP contribution in [0.15, 0.2) is 30.6 Å². The zero-order chi connectivity index (χ0) is 19.1. The minimum absolute atomic E-state index is 0.325. The molecule has 1 fully saturated rings. The number of aromatic nitrogens is 2. The lowest BCUT2D eigenvalue weighted by Crippen LogP contribution is -2.25. The molecule has 3 rings (SSSR count). The quantitative estimate of drug-likeness (QED) is 0.774. The molecule has 6 heteroatoms. The molecular weight excluding hydrogens is 340 g/mol. The topological polar surface area (TPSA) is 76.1 Å². The zero-order valence-corrected chi connectivity index (χ0v) is 16.1. The van der Waals surface area contributed by atoms with Crippen LogP contribution in [0.5, 0.6) is 11.5 Å². The van der Waals surface area contributed by atoms with E-state index in [2.05, 4.69) is 20.6 Å². The first-order valence-electron chi connectivity index (χ1n) is 9.79. The molecule has 0 radical (unpaired) electrons. The first kappa shape index (κ1) is 19.1. The lowest BCUT2D eigenvalue weighted by molar-refractivity contribution is 0.253. The number of amides is 2. The van der Waals surface area contributed by atoms with Gasteiger partial charge < -0.3 is 10.1 Å². The van der Waals surface area contributed by atoms with Crippen LogP contribution >= 0.6 is 0 Å². The third-order valence-corrected chi connectivity index (χ3v) is 5.02. The lowest BCUT2D eigenvalue weighted by atomic mass is 9.85. The zero-order valence-electron chi connectivity index (χ0n) is 16.1. The maximum atomic E-state index is 11.8. The van der Waals surface area contributed by atoms with Gasteiger partial charge in [0.05, 0.1) is 5.69 Å². The van der Waals surface area contributed by atoms with E-state index in [1.807, 2.05) is 31.3 Å². The summed E-state index contributed by atoms with van der Waals surface area (Å²) in [6, 6.07) is 5.41. The summed E-state index contributed by atoms with van der Waals surface area (Å²) < 4.78 is 6.14. The number of urea groups is 1. The molecule has 144 valence electrons. The van der Waals surface area contributed by atoms with E-state index in [0.717, 1.165) is 24.1 Å². The molecule has 0 atom stereocenters. The predicted molar refractivity (Wildman–Crippen MR) is 106 cm³/mol. The van der Waals surface area contributed by atoms with Gasteiger partial charge in [-0.3, -0.25) is 10.3 Å². The van der Waals surface area contributed by atoms with Crippen molar-refractivity contribution < 1.29 is 9.53 Å². The molecular formula is C21H28N4O2. The van der Waals surface area contributed by atoms with Gasteiger partial charge in [0.1, 0.15) is 5.75 Å². The van der Waals surface area contributed by atoms with Crippen LogP contribution in [0.4, 0.5) is 10.6 Å². The Balaban J connectivity index is 1.86. The number of pyridine rings is 2. The standard InChI is InChI=1S/C21H28N4O2/c1-3-17-18(10-7-11-23-17)27-19-13-16(12-15-8-5-4-6-9-15)14-24-20(19)25-21(26)22-2/h7,10-11,13-15H,3-6,8-9,12H2,1-2H3,(H2,22,24,25,26). The third-order valence-electron chi connectivity index (χ3n) is 5.02. The molecule has 0 unspecified atom stereocenters. The number of carbonyl (C=O) groups excluding carboxylic acids is 1. The summed E-state index contributed by atoms with van der Waals surface area (Å²) in [5.41, 5.74) is 2.02. The number of hydrogen-bond acceptors (Lipinski definition) is 4. The fourth-order valence-corrected chi connectivity index (χ4v) is 3.56. The second-order valence-corrected chi connectivity index (χ2v) is 7.01. The van der Waals surface area contributed by atoms with Gasteiger partial charge in [-0.15, -0.1) is 0 Å². The van der Waals surface area contributed by atoms with Crippen LogP contribution in [0.3, 0.4) is 0 Å². The SMILES string of the molecule is CCc1ncccc1Oc1cc(CC2CCCCC2)cnc1NC(=O)NC. The predicted octanol–water partition coefficient (Wildman–Crippen LogP) is 4.71. The fourth-order valence-electron chi connectivity index (χ4n) is 3.56. The largest absolute Gasteiger partial charge is 0.452 e. The van der Waals surface area contributed by atoms with Gasteiger partial charge in [0.15, 0.2) is 11.6 Å². The summed E-state index contributed by atoms with van der Waals surface area (Å²) in [4.78, 5) is 20.6. The van der Waals surface area contributed by atoms with Crippen molar-refractivity contribution in [2.24, 2.45) is 5.92 Å². The molecule has 2 aromatic heterocycles. The Hall–Kier alpha value is -2.63. The number of carbonyl (C=O) groups is 1. The number of aryl methyl sites for hydroxylation is 1. The van der Waals surface area contributed by atoms with E-state index in [1.54, 1.807) is 13.2 Å². The Morgan fingerprint density at radius 1 is 1.22 bits per heavy atom. The molecule has 27 heavy (non-hydrogen) atoms. The monoisotopic (exact) mass is 368 g/mol. The lowest BCUT2D eigenvalue weighted by Gasteiger charge is -2.22. The van der Waals surface area contributed by atoms with E-state index in [9.17, 15) is 4.79 Å². The molecule has 0 aromatic carbocycles. The highest BCUT2D eigenvalue weighted by Crippen LogP contribution is 2.33. The minimum atomic E-state index is -0.325. The Morgan fingerprint density at radius 2 is 2.04 bits per heavy atom. The molecule has 6 nitrogen and oxygen atoms in total. The average molecular weight is 368 g/mol. The molecule has 2 N–H and O–H groups in total. The summed E-state index contributed by atoms with van der Waals surface area (Å²) in [7, 11) is 1.57. The minimum Gasteiger partial charge on any atom is -0.452 e. The van der Waals surface area contributed by atoms with Gasteiger partial charge in [0.2, 0.25) is 0 Å². The van der Waals surface area contributed by atoms with Crippen molar-refractivity contribution in [2.45, 2.75) is 51.9 Å². The van der Waals surface area contributed by atoms with Gasteiger partial charge in [-0.25, -0.2) is 9.78 Å². The number of rotatable bonds is 6. The highest BCUT2D eigenvalue weighted by Gasteiger charge is 2.17. The van der Waals surface area contributed by atoms with Crippen molar-refractivity contribution >= 4 is 11.8 Å². The Kier molecular flexibility index (Phi) is 6.63. The number of nitrogens with zero attached hydrogens (tertiary/aromatic N) is 2. The van der Waals surface area contributed by atoms with E-state index in [-0.39, 0.29) is 6.03 Å². The molecule has 0 bridgehead atoms. The van der Waals surface area contributed by atoms with Gasteiger partial charge in [-0.05, 0) is 42.5 Å². The average Bonchev–Trinajstić information content (AvgIpc) is 2.71. The van der Waals surface area contributed by atoms with Crippen molar-refractivity contribution in [3.63, 3.8) is 0 Å². The Bertz CT molecular complexity index is 773. The molecule has 1 aliphatic carbocycles. The number of hydrogen-bond donors (Lipinski definition) is 2. The fraction of sp³-hybridized carbons (Fsp3) is 0.476. The van der Waals surface area contributed by atoms with Crippen molar-refractivity contribution in [1.29, 1.82) is 0 Å². The second-order valence-electron chi connectivity index (χ2n) is 7.01. The van der Waals surface area contributed by atoms with Gasteiger partial charge >= 0.3 is 6.03 Å². The molecule has 0 aliphatic heterocycles. The molecule has 1 saturated carbocycles. The second kappa shape index (κ2) is 9.35. The van der Waals surface area contributed by atoms with Crippen molar-refractivity contribution in [2.75, 3.05) is 12.4 Å². The first-order valence-corrected chi connectivity index (χ1v) is 9.79. The van der Waals surface area contributed by atoms with Gasteiger partial charge in [-0.1, -0.05) is 39.0 Å². The molecule has 1 aliphatic rings. The van der Waals surface area contributed by atoms with Crippen LogP contribution in [-0.4, -0.2) is 23.0 Å². The van der Waals surface area contributed by atoms with Crippen molar-refractivity contribution in [3.05, 3.63) is 41.9 Å². The first-order chi connectivity index (χ1) is 13.2. The van der Waals surface area contributed by atoms with Crippen molar-refractivity contribution in [3.8, 4) is 11.5 Å². The van der Waals surface area contributed by atoms with Crippen LogP contribution in [0.25, 0.3) is 0 Å². The number of anilines is 1. The van der Waals surface area contributed by atoms with Crippen LogP contribution in [0, 0.1) is 5.92 Å². The Morgan fingerprint density at radius 3 is 2.78 bits per heavy atom.